The van der Waals surface area contributed by atoms with Gasteiger partial charge >= 0.3 is 0 Å². The highest BCUT2D eigenvalue weighted by Crippen LogP contribution is 2.32. The Balaban J connectivity index is 1.47. The highest BCUT2D eigenvalue weighted by molar-refractivity contribution is 8.18. The number of thioether (sulfide) groups is 1. The molecule has 3 amide bonds. The van der Waals surface area contributed by atoms with Crippen molar-refractivity contribution in [3.63, 3.8) is 0 Å². The minimum absolute atomic E-state index is 0.0141. The van der Waals surface area contributed by atoms with Gasteiger partial charge in [0.15, 0.2) is 0 Å². The molecule has 27 heavy (non-hydrogen) atoms. The molecule has 0 spiro atoms. The second kappa shape index (κ2) is 9.14. The highest BCUT2D eigenvalue weighted by Gasteiger charge is 2.34. The van der Waals surface area contributed by atoms with Crippen LogP contribution < -0.4 is 5.32 Å². The highest BCUT2D eigenvalue weighted by atomic mass is 32.2. The molecule has 3 rings (SSSR count). The second-order valence-electron chi connectivity index (χ2n) is 6.42. The number of benzene rings is 1. The third-order valence-corrected chi connectivity index (χ3v) is 5.38. The summed E-state index contributed by atoms with van der Waals surface area (Å²) in [6.07, 6.45) is 5.75. The summed E-state index contributed by atoms with van der Waals surface area (Å²) in [6.45, 7) is 0.200. The van der Waals surface area contributed by atoms with E-state index in [0.29, 0.717) is 0 Å². The minimum Gasteiger partial charge on any atom is -0.368 e. The molecular formula is C19H21FN2O4S. The van der Waals surface area contributed by atoms with Crippen LogP contribution in [-0.2, 0) is 14.3 Å². The molecule has 0 bridgehead atoms. The molecule has 0 radical (unpaired) electrons. The summed E-state index contributed by atoms with van der Waals surface area (Å²) in [5, 5.41) is 2.22. The molecule has 6 nitrogen and oxygen atoms in total. The predicted molar refractivity (Wildman–Crippen MR) is 100 cm³/mol. The van der Waals surface area contributed by atoms with Crippen molar-refractivity contribution in [2.75, 3.05) is 19.7 Å². The van der Waals surface area contributed by atoms with Gasteiger partial charge in [-0.3, -0.25) is 19.3 Å². The number of rotatable bonds is 7. The van der Waals surface area contributed by atoms with Gasteiger partial charge < -0.3 is 10.1 Å². The van der Waals surface area contributed by atoms with Crippen molar-refractivity contribution >= 4 is 34.9 Å². The zero-order valence-electron chi connectivity index (χ0n) is 14.8. The number of amides is 3. The molecule has 1 aromatic rings. The molecule has 1 heterocycles. The largest absolute Gasteiger partial charge is 0.368 e. The first-order valence-corrected chi connectivity index (χ1v) is 9.74. The Bertz CT molecular complexity index is 762. The summed E-state index contributed by atoms with van der Waals surface area (Å²) < 4.78 is 19.2. The number of nitrogens with one attached hydrogen (secondary N) is 1. The number of carbonyl (C=O) groups is 3. The fourth-order valence-electron chi connectivity index (χ4n) is 3.03. The van der Waals surface area contributed by atoms with E-state index in [-0.39, 0.29) is 42.2 Å². The van der Waals surface area contributed by atoms with Crippen LogP contribution in [0, 0.1) is 5.82 Å². The smallest absolute Gasteiger partial charge is 0.293 e. The Labute approximate surface area is 161 Å². The molecule has 1 aliphatic heterocycles. The normalized spacial score (nSPS) is 19.3. The Kier molecular flexibility index (Phi) is 6.63. The van der Waals surface area contributed by atoms with Gasteiger partial charge in [0.2, 0.25) is 5.91 Å². The van der Waals surface area contributed by atoms with Crippen LogP contribution in [0.1, 0.15) is 31.2 Å². The van der Waals surface area contributed by atoms with E-state index >= 15 is 0 Å². The van der Waals surface area contributed by atoms with Gasteiger partial charge in [0.25, 0.3) is 11.1 Å². The van der Waals surface area contributed by atoms with Gasteiger partial charge in [-0.1, -0.05) is 31.0 Å². The monoisotopic (exact) mass is 392 g/mol. The molecule has 0 aromatic heterocycles. The van der Waals surface area contributed by atoms with Crippen LogP contribution in [0.5, 0.6) is 0 Å². The van der Waals surface area contributed by atoms with Crippen LogP contribution in [0.2, 0.25) is 0 Å². The third kappa shape index (κ3) is 5.17. The first kappa shape index (κ1) is 19.6. The molecule has 8 heteroatoms. The minimum atomic E-state index is -0.482. The number of hydrogen-bond acceptors (Lipinski definition) is 5. The number of ether oxygens (including phenoxy) is 1. The quantitative estimate of drug-likeness (QED) is 0.722. The predicted octanol–water partition coefficient (Wildman–Crippen LogP) is 2.94. The lowest BCUT2D eigenvalue weighted by Gasteiger charge is -2.14. The van der Waals surface area contributed by atoms with Crippen molar-refractivity contribution in [1.29, 1.82) is 0 Å². The van der Waals surface area contributed by atoms with Crippen LogP contribution in [0.4, 0.5) is 9.18 Å². The van der Waals surface area contributed by atoms with Crippen molar-refractivity contribution in [2.45, 2.75) is 31.8 Å². The number of hydrogen-bond donors (Lipinski definition) is 1. The van der Waals surface area contributed by atoms with Crippen molar-refractivity contribution in [2.24, 2.45) is 0 Å². The lowest BCUT2D eigenvalue weighted by molar-refractivity contribution is -0.128. The lowest BCUT2D eigenvalue weighted by atomic mass is 10.2. The molecule has 144 valence electrons. The molecular weight excluding hydrogens is 371 g/mol. The summed E-state index contributed by atoms with van der Waals surface area (Å²) in [4.78, 5) is 37.4. The Hall–Kier alpha value is -2.19. The lowest BCUT2D eigenvalue weighted by Crippen LogP contribution is -2.38. The van der Waals surface area contributed by atoms with Gasteiger partial charge in [0.05, 0.1) is 11.0 Å². The van der Waals surface area contributed by atoms with Gasteiger partial charge in [-0.25, -0.2) is 4.39 Å². The molecule has 1 saturated heterocycles. The zero-order valence-corrected chi connectivity index (χ0v) is 15.6. The fraction of sp³-hybridized carbons (Fsp3) is 0.421. The Morgan fingerprint density at radius 1 is 1.30 bits per heavy atom. The van der Waals surface area contributed by atoms with E-state index in [1.807, 2.05) is 0 Å². The number of halogens is 1. The molecule has 1 saturated carbocycles. The average Bonchev–Trinajstić information content (AvgIpc) is 3.25. The van der Waals surface area contributed by atoms with Crippen LogP contribution >= 0.6 is 11.8 Å². The summed E-state index contributed by atoms with van der Waals surface area (Å²) in [6, 6.07) is 6.03. The Morgan fingerprint density at radius 3 is 2.78 bits per heavy atom. The van der Waals surface area contributed by atoms with E-state index in [2.05, 4.69) is 5.32 Å². The van der Waals surface area contributed by atoms with Crippen molar-refractivity contribution in [1.82, 2.24) is 10.2 Å². The van der Waals surface area contributed by atoms with Gasteiger partial charge in [0, 0.05) is 18.7 Å². The van der Waals surface area contributed by atoms with E-state index in [4.69, 9.17) is 4.74 Å². The van der Waals surface area contributed by atoms with Crippen LogP contribution in [-0.4, -0.2) is 47.8 Å². The SMILES string of the molecule is O=C(COC1CCCC1)NCCN1C(=O)SC(=Cc2ccccc2F)C1=O. The summed E-state index contributed by atoms with van der Waals surface area (Å²) in [5.41, 5.74) is 0.250. The third-order valence-electron chi connectivity index (χ3n) is 4.48. The second-order valence-corrected chi connectivity index (χ2v) is 7.42. The number of carbonyl (C=O) groups excluding carboxylic acids is 3. The van der Waals surface area contributed by atoms with Crippen molar-refractivity contribution < 1.29 is 23.5 Å². The van der Waals surface area contributed by atoms with Crippen LogP contribution in [0.25, 0.3) is 6.08 Å². The topological polar surface area (TPSA) is 75.7 Å². The van der Waals surface area contributed by atoms with Gasteiger partial charge in [-0.2, -0.15) is 0 Å². The maximum atomic E-state index is 13.7. The first-order chi connectivity index (χ1) is 13.0. The summed E-state index contributed by atoms with van der Waals surface area (Å²) in [7, 11) is 0. The summed E-state index contributed by atoms with van der Waals surface area (Å²) in [5.74, 6) is -1.21. The van der Waals surface area contributed by atoms with E-state index in [1.165, 1.54) is 18.2 Å². The van der Waals surface area contributed by atoms with Gasteiger partial charge in [0.1, 0.15) is 12.4 Å². The number of imide groups is 1. The fourth-order valence-corrected chi connectivity index (χ4v) is 3.89. The van der Waals surface area contributed by atoms with E-state index in [1.54, 1.807) is 12.1 Å². The molecule has 1 aromatic carbocycles. The van der Waals surface area contributed by atoms with E-state index < -0.39 is 17.0 Å². The van der Waals surface area contributed by atoms with Gasteiger partial charge in [-0.15, -0.1) is 0 Å². The molecule has 2 fully saturated rings. The van der Waals surface area contributed by atoms with Crippen molar-refractivity contribution in [3.05, 3.63) is 40.6 Å². The standard InChI is InChI=1S/C19H21FN2O4S/c20-15-8-4-1-5-13(15)11-16-18(24)22(19(25)27-16)10-9-21-17(23)12-26-14-6-2-3-7-14/h1,4-5,8,11,14H,2-3,6-7,9-10,12H2,(H,21,23). The first-order valence-electron chi connectivity index (χ1n) is 8.93. The van der Waals surface area contributed by atoms with E-state index in [9.17, 15) is 18.8 Å². The number of nitrogens with zero attached hydrogens (tertiary/aromatic N) is 1. The Morgan fingerprint density at radius 2 is 2.04 bits per heavy atom. The summed E-state index contributed by atoms with van der Waals surface area (Å²) >= 11 is 0.766. The molecule has 1 N–H and O–H groups in total. The average molecular weight is 392 g/mol. The van der Waals surface area contributed by atoms with Gasteiger partial charge in [-0.05, 0) is 36.7 Å². The maximum absolute atomic E-state index is 13.7. The molecule has 0 atom stereocenters. The molecule has 0 unspecified atom stereocenters. The van der Waals surface area contributed by atoms with Crippen LogP contribution in [0.15, 0.2) is 29.2 Å². The zero-order chi connectivity index (χ0) is 19.2. The van der Waals surface area contributed by atoms with E-state index in [0.717, 1.165) is 42.3 Å². The van der Waals surface area contributed by atoms with Crippen LogP contribution in [0.3, 0.4) is 0 Å². The molecule has 1 aliphatic carbocycles. The van der Waals surface area contributed by atoms with Crippen molar-refractivity contribution in [3.8, 4) is 0 Å². The maximum Gasteiger partial charge on any atom is 0.293 e. The molecule has 2 aliphatic rings.